The highest BCUT2D eigenvalue weighted by Gasteiger charge is 2.43. The summed E-state index contributed by atoms with van der Waals surface area (Å²) >= 11 is 0. The summed E-state index contributed by atoms with van der Waals surface area (Å²) in [5.74, 6) is 0. The smallest absolute Gasteiger partial charge is 0.252 e. The van der Waals surface area contributed by atoms with Gasteiger partial charge in [-0.1, -0.05) is 197 Å². The molecule has 11 aromatic rings. The maximum absolute atomic E-state index is 2.51. The van der Waals surface area contributed by atoms with Gasteiger partial charge in [0.25, 0.3) is 6.71 Å². The highest BCUT2D eigenvalue weighted by Crippen LogP contribution is 2.49. The Kier molecular flexibility index (Phi) is 9.56. The number of para-hydroxylation sites is 4. The molecular weight excluding hydrogens is 832 g/mol. The van der Waals surface area contributed by atoms with Crippen LogP contribution < -0.4 is 26.2 Å². The SMILES string of the molecule is CC(C)(C)c1cccc(-c2cc(-c3cc4c5c(c3)N(c3ccccc3)c3ccccc3B5c3ccccc3N4c3ccccc3)cc(-c3c4ccccc4c(-c4ccccc4)c4ccccc34)c2)c1. The van der Waals surface area contributed by atoms with E-state index in [1.54, 1.807) is 0 Å². The van der Waals surface area contributed by atoms with Crippen LogP contribution in [-0.4, -0.2) is 6.71 Å². The van der Waals surface area contributed by atoms with Crippen LogP contribution in [0.5, 0.6) is 0 Å². The summed E-state index contributed by atoms with van der Waals surface area (Å²) in [5, 5.41) is 4.97. The molecule has 0 atom stereocenters. The van der Waals surface area contributed by atoms with Gasteiger partial charge in [-0.3, -0.25) is 0 Å². The maximum Gasteiger partial charge on any atom is 0.252 e. The molecule has 0 saturated carbocycles. The molecule has 0 saturated heterocycles. The molecule has 0 aliphatic carbocycles. The summed E-state index contributed by atoms with van der Waals surface area (Å²) in [6.07, 6.45) is 0. The number of hydrogen-bond acceptors (Lipinski definition) is 2. The number of benzene rings is 11. The summed E-state index contributed by atoms with van der Waals surface area (Å²) in [5.41, 5.74) is 21.9. The molecule has 69 heavy (non-hydrogen) atoms. The van der Waals surface area contributed by atoms with Crippen molar-refractivity contribution < 1.29 is 0 Å². The van der Waals surface area contributed by atoms with E-state index in [-0.39, 0.29) is 12.1 Å². The largest absolute Gasteiger partial charge is 0.311 e. The van der Waals surface area contributed by atoms with E-state index in [0.717, 1.165) is 16.9 Å². The monoisotopic (exact) mass is 880 g/mol. The Morgan fingerprint density at radius 2 is 0.696 bits per heavy atom. The maximum atomic E-state index is 2.51. The Morgan fingerprint density at radius 1 is 0.304 bits per heavy atom. The van der Waals surface area contributed by atoms with Crippen LogP contribution in [0.1, 0.15) is 26.3 Å². The zero-order valence-electron chi connectivity index (χ0n) is 39.1. The Balaban J connectivity index is 1.14. The predicted molar refractivity (Wildman–Crippen MR) is 296 cm³/mol. The first-order chi connectivity index (χ1) is 33.9. The third-order valence-electron chi connectivity index (χ3n) is 14.5. The first-order valence-corrected chi connectivity index (χ1v) is 24.2. The second kappa shape index (κ2) is 16.1. The van der Waals surface area contributed by atoms with Gasteiger partial charge in [-0.05, 0) is 160 Å². The zero-order chi connectivity index (χ0) is 46.2. The average Bonchev–Trinajstić information content (AvgIpc) is 3.40. The lowest BCUT2D eigenvalue weighted by molar-refractivity contribution is 0.590. The number of hydrogen-bond donors (Lipinski definition) is 0. The van der Waals surface area contributed by atoms with E-state index in [0.29, 0.717) is 0 Å². The van der Waals surface area contributed by atoms with Crippen LogP contribution in [0.25, 0.3) is 66.1 Å². The standard InChI is InChI=1S/C66H49BN2/c1-66(2,3)50-25-21-24-45(41-50)46-38-47(40-49(39-46)64-55-32-15-13-30-53(55)63(44-22-7-4-8-23-44)54-31-14-16-33-56(54)64)48-42-61-65-62(43-48)69(52-28-11-6-12-29-52)60-37-20-18-35-58(60)67(65)57-34-17-19-36-59(57)68(61)51-26-9-5-10-27-51/h4-43H,1-3H3. The van der Waals surface area contributed by atoms with E-state index in [4.69, 9.17) is 0 Å². The predicted octanol–water partition coefficient (Wildman–Crippen LogP) is 16.0. The van der Waals surface area contributed by atoms with Crippen molar-refractivity contribution >= 4 is 78.8 Å². The quantitative estimate of drug-likeness (QED) is 0.121. The zero-order valence-corrected chi connectivity index (χ0v) is 39.1. The van der Waals surface area contributed by atoms with Crippen molar-refractivity contribution in [3.05, 3.63) is 248 Å². The summed E-state index contributed by atoms with van der Waals surface area (Å²) in [6.45, 7) is 6.96. The van der Waals surface area contributed by atoms with Crippen LogP contribution in [0, 0.1) is 0 Å². The van der Waals surface area contributed by atoms with E-state index in [1.807, 2.05) is 0 Å². The van der Waals surface area contributed by atoms with Gasteiger partial charge < -0.3 is 9.80 Å². The second-order valence-corrected chi connectivity index (χ2v) is 19.7. The van der Waals surface area contributed by atoms with Crippen molar-refractivity contribution in [2.75, 3.05) is 9.80 Å². The minimum atomic E-state index is -0.0117. The Labute approximate surface area is 405 Å². The van der Waals surface area contributed by atoms with E-state index in [1.165, 1.54) is 105 Å². The highest BCUT2D eigenvalue weighted by molar-refractivity contribution is 7.00. The first kappa shape index (κ1) is 40.8. The van der Waals surface area contributed by atoms with Crippen molar-refractivity contribution in [3.63, 3.8) is 0 Å². The number of fused-ring (bicyclic) bond motifs is 6. The van der Waals surface area contributed by atoms with Crippen molar-refractivity contribution in [2.24, 2.45) is 0 Å². The van der Waals surface area contributed by atoms with Gasteiger partial charge in [0.15, 0.2) is 0 Å². The molecule has 2 nitrogen and oxygen atoms in total. The third kappa shape index (κ3) is 6.72. The van der Waals surface area contributed by atoms with E-state index in [9.17, 15) is 0 Å². The molecule has 0 spiro atoms. The van der Waals surface area contributed by atoms with Gasteiger partial charge in [0.05, 0.1) is 0 Å². The molecular formula is C66H49BN2. The first-order valence-electron chi connectivity index (χ1n) is 24.2. The molecule has 3 heteroatoms. The van der Waals surface area contributed by atoms with Gasteiger partial charge in [-0.25, -0.2) is 0 Å². The van der Waals surface area contributed by atoms with Crippen molar-refractivity contribution in [3.8, 4) is 44.5 Å². The van der Waals surface area contributed by atoms with Crippen LogP contribution in [0.15, 0.2) is 243 Å². The van der Waals surface area contributed by atoms with E-state index >= 15 is 0 Å². The molecule has 0 amide bonds. The van der Waals surface area contributed by atoms with Crippen LogP contribution in [0.4, 0.5) is 34.1 Å². The van der Waals surface area contributed by atoms with Crippen molar-refractivity contribution in [1.29, 1.82) is 0 Å². The van der Waals surface area contributed by atoms with Gasteiger partial charge in [0, 0.05) is 34.1 Å². The fourth-order valence-electron chi connectivity index (χ4n) is 11.4. The van der Waals surface area contributed by atoms with Crippen LogP contribution in [-0.2, 0) is 5.41 Å². The van der Waals surface area contributed by atoms with Gasteiger partial charge in [0.2, 0.25) is 0 Å². The summed E-state index contributed by atoms with van der Waals surface area (Å²) in [7, 11) is 0. The van der Waals surface area contributed by atoms with Gasteiger partial charge >= 0.3 is 0 Å². The van der Waals surface area contributed by atoms with Crippen LogP contribution >= 0.6 is 0 Å². The molecule has 11 aromatic carbocycles. The summed E-state index contributed by atoms with van der Waals surface area (Å²) in [4.78, 5) is 5.01. The number of anilines is 6. The third-order valence-corrected chi connectivity index (χ3v) is 14.5. The molecule has 326 valence electrons. The Morgan fingerprint density at radius 3 is 1.20 bits per heavy atom. The molecule has 13 rings (SSSR count). The van der Waals surface area contributed by atoms with E-state index < -0.39 is 0 Å². The van der Waals surface area contributed by atoms with Crippen LogP contribution in [0.3, 0.4) is 0 Å². The van der Waals surface area contributed by atoms with E-state index in [2.05, 4.69) is 273 Å². The second-order valence-electron chi connectivity index (χ2n) is 19.7. The molecule has 0 unspecified atom stereocenters. The number of rotatable bonds is 6. The molecule has 2 heterocycles. The molecule has 2 aliphatic heterocycles. The fourth-order valence-corrected chi connectivity index (χ4v) is 11.4. The molecule has 0 N–H and O–H groups in total. The Hall–Kier alpha value is -8.40. The highest BCUT2D eigenvalue weighted by atomic mass is 15.2. The molecule has 2 aliphatic rings. The molecule has 0 aromatic heterocycles. The summed E-state index contributed by atoms with van der Waals surface area (Å²) in [6, 6.07) is 90.4. The molecule has 0 fully saturated rings. The lowest BCUT2D eigenvalue weighted by Gasteiger charge is -2.44. The summed E-state index contributed by atoms with van der Waals surface area (Å²) < 4.78 is 0. The van der Waals surface area contributed by atoms with Gasteiger partial charge in [-0.2, -0.15) is 0 Å². The lowest BCUT2D eigenvalue weighted by Crippen LogP contribution is -2.61. The molecule has 0 radical (unpaired) electrons. The van der Waals surface area contributed by atoms with Crippen molar-refractivity contribution in [1.82, 2.24) is 0 Å². The van der Waals surface area contributed by atoms with Crippen LogP contribution in [0.2, 0.25) is 0 Å². The lowest BCUT2D eigenvalue weighted by atomic mass is 9.33. The Bertz CT molecular complexity index is 3610. The normalized spacial score (nSPS) is 12.8. The van der Waals surface area contributed by atoms with Gasteiger partial charge in [0.1, 0.15) is 0 Å². The topological polar surface area (TPSA) is 6.48 Å². The minimum Gasteiger partial charge on any atom is -0.311 e. The number of nitrogens with zero attached hydrogens (tertiary/aromatic N) is 2. The average molecular weight is 881 g/mol. The van der Waals surface area contributed by atoms with Crippen molar-refractivity contribution in [2.45, 2.75) is 26.2 Å². The molecule has 0 bridgehead atoms. The minimum absolute atomic E-state index is 0.0117. The fraction of sp³-hybridized carbons (Fsp3) is 0.0606. The van der Waals surface area contributed by atoms with Gasteiger partial charge in [-0.15, -0.1) is 0 Å².